The molecular weight excluding hydrogens is 620 g/mol. The van der Waals surface area contributed by atoms with Gasteiger partial charge in [0.2, 0.25) is 0 Å². The largest absolute Gasteiger partial charge is 0.442 e. The Hall–Kier alpha value is -4.83. The van der Waals surface area contributed by atoms with Gasteiger partial charge in [-0.15, -0.1) is 8.57 Å². The standard InChI is InChI=1S/C24H28N10O10S/c35-7-3-25-21(37)19-1-5-31(27-19)15-9-17-13-29(11-15)23(39)33(17)43-45(41,42)44-34-18-10-16(12-30(14-18)24(34)40)32-6-2-20(28-32)22(38)26-4-8-36/h1-2,5-6,9-10,17-18,35-36H,3-4,7-8,11-14H2,(H,25,37)(H,26,38). The summed E-state index contributed by atoms with van der Waals surface area (Å²) < 4.78 is 38.8. The first kappa shape index (κ1) is 30.2. The van der Waals surface area contributed by atoms with Gasteiger partial charge in [-0.3, -0.25) is 9.59 Å². The molecule has 4 aliphatic rings. The summed E-state index contributed by atoms with van der Waals surface area (Å²) in [6.45, 7) is -0.0521. The Labute approximate surface area is 254 Å². The molecule has 0 aliphatic carbocycles. The molecule has 2 saturated heterocycles. The fourth-order valence-electron chi connectivity index (χ4n) is 5.18. The SMILES string of the molecule is O=C(NCCO)c1ccn(C2=CC3CN(C2)C(=O)N3OS(=O)(=O)ON2C(=O)N3CC(n4ccc(C(=O)NCCO)n4)=CC2C3)n1. The van der Waals surface area contributed by atoms with Crippen LogP contribution in [0.3, 0.4) is 0 Å². The molecule has 21 heteroatoms. The van der Waals surface area contributed by atoms with Gasteiger partial charge in [0.25, 0.3) is 11.8 Å². The second kappa shape index (κ2) is 11.9. The lowest BCUT2D eigenvalue weighted by Crippen LogP contribution is -2.40. The minimum absolute atomic E-state index is 0.0446. The average molecular weight is 649 g/mol. The van der Waals surface area contributed by atoms with Crippen molar-refractivity contribution in [1.29, 1.82) is 0 Å². The maximum absolute atomic E-state index is 13.0. The Bertz CT molecular complexity index is 1580. The smallest absolute Gasteiger partial charge is 0.395 e. The van der Waals surface area contributed by atoms with Gasteiger partial charge in [-0.1, -0.05) is 0 Å². The normalized spacial score (nSPS) is 20.9. The number of carbonyl (C=O) groups excluding carboxylic acids is 4. The van der Waals surface area contributed by atoms with Crippen molar-refractivity contribution in [2.24, 2.45) is 0 Å². The summed E-state index contributed by atoms with van der Waals surface area (Å²) in [6, 6.07) is -0.337. The molecule has 6 heterocycles. The summed E-state index contributed by atoms with van der Waals surface area (Å²) in [4.78, 5) is 52.8. The minimum atomic E-state index is -4.98. The highest BCUT2D eigenvalue weighted by Gasteiger charge is 2.47. The van der Waals surface area contributed by atoms with Crippen LogP contribution < -0.4 is 10.6 Å². The number of carbonyl (C=O) groups is 4. The van der Waals surface area contributed by atoms with E-state index in [4.69, 9.17) is 18.8 Å². The van der Waals surface area contributed by atoms with Crippen molar-refractivity contribution in [2.75, 3.05) is 52.5 Å². The molecule has 0 saturated carbocycles. The van der Waals surface area contributed by atoms with Crippen molar-refractivity contribution in [1.82, 2.24) is 50.1 Å². The van der Waals surface area contributed by atoms with E-state index >= 15 is 0 Å². The van der Waals surface area contributed by atoms with Gasteiger partial charge in [-0.25, -0.2) is 19.0 Å². The molecular formula is C24H28N10O10S. The maximum atomic E-state index is 13.0. The molecule has 6 rings (SSSR count). The first-order chi connectivity index (χ1) is 21.6. The number of nitrogens with zero attached hydrogens (tertiary/aromatic N) is 8. The predicted octanol–water partition coefficient (Wildman–Crippen LogP) is -2.75. The molecule has 6 amide bonds. The van der Waals surface area contributed by atoms with Crippen molar-refractivity contribution in [3.8, 4) is 0 Å². The van der Waals surface area contributed by atoms with E-state index < -0.39 is 46.4 Å². The summed E-state index contributed by atoms with van der Waals surface area (Å²) >= 11 is 0. The van der Waals surface area contributed by atoms with Crippen LogP contribution in [0.25, 0.3) is 11.4 Å². The highest BCUT2D eigenvalue weighted by molar-refractivity contribution is 7.81. The van der Waals surface area contributed by atoms with Gasteiger partial charge in [0.05, 0.1) is 37.7 Å². The molecule has 2 fully saturated rings. The third-order valence-corrected chi connectivity index (χ3v) is 7.87. The number of amides is 6. The van der Waals surface area contributed by atoms with Crippen LogP contribution in [0.2, 0.25) is 0 Å². The lowest BCUT2D eigenvalue weighted by molar-refractivity contribution is -0.0723. The van der Waals surface area contributed by atoms with Crippen molar-refractivity contribution in [2.45, 2.75) is 12.1 Å². The van der Waals surface area contributed by atoms with E-state index in [2.05, 4.69) is 20.8 Å². The maximum Gasteiger partial charge on any atom is 0.442 e. The topological polar surface area (TPSA) is 234 Å². The van der Waals surface area contributed by atoms with Gasteiger partial charge in [-0.05, 0) is 24.3 Å². The van der Waals surface area contributed by atoms with Crippen LogP contribution in [0.5, 0.6) is 0 Å². The first-order valence-corrected chi connectivity index (χ1v) is 15.0. The number of hydrogen-bond donors (Lipinski definition) is 4. The second-order valence-electron chi connectivity index (χ2n) is 10.2. The lowest BCUT2D eigenvalue weighted by Gasteiger charge is -2.22. The van der Waals surface area contributed by atoms with Crippen molar-refractivity contribution < 1.29 is 46.4 Å². The quantitative estimate of drug-likeness (QED) is 0.183. The van der Waals surface area contributed by atoms with Crippen LogP contribution in [0, 0.1) is 0 Å². The summed E-state index contributed by atoms with van der Waals surface area (Å²) in [7, 11) is -4.98. The summed E-state index contributed by atoms with van der Waals surface area (Å²) in [5, 5.41) is 32.4. The van der Waals surface area contributed by atoms with Gasteiger partial charge in [-0.2, -0.15) is 28.7 Å². The van der Waals surface area contributed by atoms with Crippen LogP contribution in [-0.4, -0.2) is 147 Å². The number of aromatic nitrogens is 4. The van der Waals surface area contributed by atoms with Crippen LogP contribution in [0.4, 0.5) is 9.59 Å². The number of rotatable bonds is 12. The van der Waals surface area contributed by atoms with Crippen molar-refractivity contribution >= 4 is 45.7 Å². The third kappa shape index (κ3) is 5.98. The fraction of sp³-hybridized carbons (Fsp3) is 0.417. The summed E-state index contributed by atoms with van der Waals surface area (Å²) in [5.41, 5.74) is 1.12. The van der Waals surface area contributed by atoms with Crippen LogP contribution in [-0.2, 0) is 19.0 Å². The zero-order chi connectivity index (χ0) is 31.9. The van der Waals surface area contributed by atoms with E-state index in [1.54, 1.807) is 12.2 Å². The molecule has 20 nitrogen and oxygen atoms in total. The zero-order valence-corrected chi connectivity index (χ0v) is 24.2. The summed E-state index contributed by atoms with van der Waals surface area (Å²) in [5.74, 6) is -0.996. The molecule has 2 aromatic heterocycles. The molecule has 0 radical (unpaired) electrons. The Balaban J connectivity index is 1.13. The van der Waals surface area contributed by atoms with Gasteiger partial charge in [0, 0.05) is 38.6 Å². The van der Waals surface area contributed by atoms with Crippen molar-refractivity contribution in [3.63, 3.8) is 0 Å². The minimum Gasteiger partial charge on any atom is -0.395 e. The number of hydroxylamine groups is 4. The summed E-state index contributed by atoms with van der Waals surface area (Å²) in [6.07, 6.45) is 6.14. The van der Waals surface area contributed by atoms with Crippen LogP contribution in [0.15, 0.2) is 36.7 Å². The molecule has 2 unspecified atom stereocenters. The molecule has 2 atom stereocenters. The molecule has 45 heavy (non-hydrogen) atoms. The highest BCUT2D eigenvalue weighted by atomic mass is 32.3. The molecule has 0 aromatic carbocycles. The Morgan fingerprint density at radius 1 is 0.800 bits per heavy atom. The van der Waals surface area contributed by atoms with Gasteiger partial charge < -0.3 is 30.6 Å². The lowest BCUT2D eigenvalue weighted by atomic mass is 10.2. The van der Waals surface area contributed by atoms with E-state index in [1.807, 2.05) is 0 Å². The number of aliphatic hydroxyl groups excluding tert-OH is 2. The Morgan fingerprint density at radius 2 is 1.22 bits per heavy atom. The number of hydrogen-bond acceptors (Lipinski definition) is 12. The third-order valence-electron chi connectivity index (χ3n) is 7.18. The number of urea groups is 2. The predicted molar refractivity (Wildman–Crippen MR) is 148 cm³/mol. The van der Waals surface area contributed by atoms with E-state index in [0.29, 0.717) is 21.5 Å². The number of nitrogens with one attached hydrogen (secondary N) is 2. The molecule has 4 bridgehead atoms. The van der Waals surface area contributed by atoms with E-state index in [-0.39, 0.29) is 63.9 Å². The van der Waals surface area contributed by atoms with Crippen LogP contribution >= 0.6 is 0 Å². The Morgan fingerprint density at radius 3 is 1.62 bits per heavy atom. The monoisotopic (exact) mass is 648 g/mol. The Kier molecular flexibility index (Phi) is 8.01. The molecule has 4 aliphatic heterocycles. The van der Waals surface area contributed by atoms with E-state index in [0.717, 1.165) is 0 Å². The molecule has 240 valence electrons. The van der Waals surface area contributed by atoms with E-state index in [9.17, 15) is 27.6 Å². The fourth-order valence-corrected chi connectivity index (χ4v) is 5.95. The molecule has 4 N–H and O–H groups in total. The van der Waals surface area contributed by atoms with Gasteiger partial charge in [0.15, 0.2) is 11.4 Å². The van der Waals surface area contributed by atoms with Gasteiger partial charge in [0.1, 0.15) is 12.1 Å². The van der Waals surface area contributed by atoms with Crippen LogP contribution in [0.1, 0.15) is 21.0 Å². The van der Waals surface area contributed by atoms with Crippen molar-refractivity contribution in [3.05, 3.63) is 48.1 Å². The zero-order valence-electron chi connectivity index (χ0n) is 23.4. The molecule has 2 aromatic rings. The number of fused-ring (bicyclic) bond motifs is 4. The highest BCUT2D eigenvalue weighted by Crippen LogP contribution is 2.30. The first-order valence-electron chi connectivity index (χ1n) is 13.7. The number of aliphatic hydroxyl groups is 2. The van der Waals surface area contributed by atoms with E-state index in [1.165, 1.54) is 43.7 Å². The van der Waals surface area contributed by atoms with Gasteiger partial charge >= 0.3 is 22.5 Å². The average Bonchev–Trinajstić information content (AvgIpc) is 3.80. The second-order valence-corrected chi connectivity index (χ2v) is 11.4. The molecule has 0 spiro atoms.